The molecule has 0 radical (unpaired) electrons. The quantitative estimate of drug-likeness (QED) is 0.326. The van der Waals surface area contributed by atoms with Crippen molar-refractivity contribution in [3.63, 3.8) is 0 Å². The van der Waals surface area contributed by atoms with Crippen LogP contribution in [0.1, 0.15) is 0 Å². The van der Waals surface area contributed by atoms with Crippen LogP contribution in [0.25, 0.3) is 0 Å². The number of aliphatic carboxylic acids is 1. The van der Waals surface area contributed by atoms with Crippen molar-refractivity contribution in [2.75, 3.05) is 5.75 Å². The van der Waals surface area contributed by atoms with Gasteiger partial charge >= 0.3 is 5.97 Å². The predicted molar refractivity (Wildman–Crippen MR) is 43.5 cm³/mol. The number of carboxylic acids is 1. The number of halogens is 1. The van der Waals surface area contributed by atoms with Crippen LogP contribution in [-0.2, 0) is 4.79 Å². The Morgan fingerprint density at radius 1 is 1.91 bits per heavy atom. The highest BCUT2D eigenvalue weighted by atomic mass is 32.1. The Morgan fingerprint density at radius 2 is 2.45 bits per heavy atom. The average Bonchev–Trinajstić information content (AvgIpc) is 1.99. The molecule has 0 rings (SSSR count). The van der Waals surface area contributed by atoms with Gasteiger partial charge < -0.3 is 5.11 Å². The number of alkyl halides is 1. The Hall–Kier alpha value is -0.550. The highest BCUT2D eigenvalue weighted by Crippen LogP contribution is 1.93. The lowest BCUT2D eigenvalue weighted by Gasteiger charge is -2.12. The van der Waals surface area contributed by atoms with E-state index in [1.165, 1.54) is 0 Å². The zero-order valence-corrected chi connectivity index (χ0v) is 6.72. The molecule has 0 aromatic heterocycles. The topological polar surface area (TPSA) is 49.3 Å². The van der Waals surface area contributed by atoms with Crippen molar-refractivity contribution in [3.05, 3.63) is 12.7 Å². The maximum atomic E-state index is 12.4. The summed E-state index contributed by atoms with van der Waals surface area (Å²) in [4.78, 5) is 10.3. The standard InChI is InChI=1S/C6H10FNO2S/c1-2-5(7)8-4(3-11)6(9)10/h2,4-5,8,11H,1,3H2,(H,9,10). The molecule has 64 valence electrons. The molecule has 0 aliphatic rings. The second-order valence-electron chi connectivity index (χ2n) is 1.88. The van der Waals surface area contributed by atoms with Gasteiger partial charge in [-0.15, -0.1) is 0 Å². The van der Waals surface area contributed by atoms with Crippen LogP contribution in [0.3, 0.4) is 0 Å². The molecule has 0 saturated heterocycles. The smallest absolute Gasteiger partial charge is 0.321 e. The first-order valence-corrected chi connectivity index (χ1v) is 3.61. The van der Waals surface area contributed by atoms with Crippen molar-refractivity contribution in [3.8, 4) is 0 Å². The van der Waals surface area contributed by atoms with Crippen molar-refractivity contribution in [1.29, 1.82) is 0 Å². The van der Waals surface area contributed by atoms with Crippen molar-refractivity contribution < 1.29 is 14.3 Å². The van der Waals surface area contributed by atoms with E-state index in [4.69, 9.17) is 5.11 Å². The Morgan fingerprint density at radius 3 is 2.73 bits per heavy atom. The Kier molecular flexibility index (Phi) is 4.89. The van der Waals surface area contributed by atoms with Gasteiger partial charge in [-0.2, -0.15) is 12.6 Å². The molecule has 0 bridgehead atoms. The molecule has 0 aromatic carbocycles. The zero-order chi connectivity index (χ0) is 8.85. The normalized spacial score (nSPS) is 15.5. The number of carbonyl (C=O) groups is 1. The first kappa shape index (κ1) is 10.4. The number of thiol groups is 1. The van der Waals surface area contributed by atoms with Crippen LogP contribution < -0.4 is 5.32 Å². The van der Waals surface area contributed by atoms with E-state index < -0.39 is 18.3 Å². The fourth-order valence-corrected chi connectivity index (χ4v) is 0.724. The first-order valence-electron chi connectivity index (χ1n) is 2.98. The van der Waals surface area contributed by atoms with Gasteiger partial charge in [-0.05, 0) is 6.08 Å². The first-order chi connectivity index (χ1) is 5.11. The van der Waals surface area contributed by atoms with Crippen molar-refractivity contribution in [2.45, 2.75) is 12.3 Å². The van der Waals surface area contributed by atoms with Crippen molar-refractivity contribution in [1.82, 2.24) is 5.32 Å². The van der Waals surface area contributed by atoms with E-state index >= 15 is 0 Å². The minimum Gasteiger partial charge on any atom is -0.480 e. The van der Waals surface area contributed by atoms with Crippen LogP contribution in [0, 0.1) is 0 Å². The maximum Gasteiger partial charge on any atom is 0.321 e. The fraction of sp³-hybridized carbons (Fsp3) is 0.500. The minimum absolute atomic E-state index is 0.0452. The summed E-state index contributed by atoms with van der Waals surface area (Å²) >= 11 is 3.72. The summed E-state index contributed by atoms with van der Waals surface area (Å²) < 4.78 is 12.4. The lowest BCUT2D eigenvalue weighted by atomic mass is 10.3. The van der Waals surface area contributed by atoms with Crippen molar-refractivity contribution >= 4 is 18.6 Å². The van der Waals surface area contributed by atoms with E-state index in [-0.39, 0.29) is 5.75 Å². The van der Waals surface area contributed by atoms with Gasteiger partial charge in [0.2, 0.25) is 0 Å². The summed E-state index contributed by atoms with van der Waals surface area (Å²) in [6.07, 6.45) is -0.511. The van der Waals surface area contributed by atoms with Crippen LogP contribution in [0.2, 0.25) is 0 Å². The minimum atomic E-state index is -1.50. The van der Waals surface area contributed by atoms with Gasteiger partial charge in [0.1, 0.15) is 6.04 Å². The number of nitrogens with one attached hydrogen (secondary N) is 1. The third kappa shape index (κ3) is 4.00. The molecule has 0 saturated carbocycles. The number of rotatable bonds is 5. The van der Waals surface area contributed by atoms with Crippen LogP contribution in [0.15, 0.2) is 12.7 Å². The van der Waals surface area contributed by atoms with Gasteiger partial charge in [0.25, 0.3) is 0 Å². The SMILES string of the molecule is C=CC(F)NC(CS)C(=O)O. The highest BCUT2D eigenvalue weighted by molar-refractivity contribution is 7.80. The summed E-state index contributed by atoms with van der Waals surface area (Å²) in [5.74, 6) is -1.08. The van der Waals surface area contributed by atoms with E-state index in [1.54, 1.807) is 0 Å². The van der Waals surface area contributed by atoms with Crippen LogP contribution >= 0.6 is 12.6 Å². The molecule has 11 heavy (non-hydrogen) atoms. The van der Waals surface area contributed by atoms with Gasteiger partial charge in [0, 0.05) is 5.75 Å². The number of carboxylic acid groups (broad SMARTS) is 1. The largest absolute Gasteiger partial charge is 0.480 e. The monoisotopic (exact) mass is 179 g/mol. The average molecular weight is 179 g/mol. The third-order valence-electron chi connectivity index (χ3n) is 1.05. The van der Waals surface area contributed by atoms with Crippen LogP contribution in [0.5, 0.6) is 0 Å². The molecule has 0 aliphatic carbocycles. The molecule has 0 aliphatic heterocycles. The molecule has 0 spiro atoms. The highest BCUT2D eigenvalue weighted by Gasteiger charge is 2.17. The molecule has 0 aromatic rings. The zero-order valence-electron chi connectivity index (χ0n) is 5.83. The molecule has 0 fully saturated rings. The molecule has 2 unspecified atom stereocenters. The molecule has 2 atom stereocenters. The number of hydrogen-bond acceptors (Lipinski definition) is 3. The molecule has 3 nitrogen and oxygen atoms in total. The second kappa shape index (κ2) is 5.15. The summed E-state index contributed by atoms with van der Waals surface area (Å²) in [6.45, 7) is 3.15. The molecule has 0 amide bonds. The Labute approximate surface area is 69.7 Å². The summed E-state index contributed by atoms with van der Waals surface area (Å²) in [7, 11) is 0. The molecular weight excluding hydrogens is 169 g/mol. The van der Waals surface area contributed by atoms with Crippen LogP contribution in [-0.4, -0.2) is 29.2 Å². The fourth-order valence-electron chi connectivity index (χ4n) is 0.462. The molecule has 5 heteroatoms. The summed E-state index contributed by atoms with van der Waals surface area (Å²) in [5, 5.41) is 10.6. The van der Waals surface area contributed by atoms with E-state index in [0.29, 0.717) is 0 Å². The van der Waals surface area contributed by atoms with Crippen LogP contribution in [0.4, 0.5) is 4.39 Å². The van der Waals surface area contributed by atoms with Crippen molar-refractivity contribution in [2.24, 2.45) is 0 Å². The van der Waals surface area contributed by atoms with E-state index in [2.05, 4.69) is 24.5 Å². The third-order valence-corrected chi connectivity index (χ3v) is 1.41. The van der Waals surface area contributed by atoms with Gasteiger partial charge in [-0.3, -0.25) is 10.1 Å². The second-order valence-corrected chi connectivity index (χ2v) is 2.24. The lowest BCUT2D eigenvalue weighted by Crippen LogP contribution is -2.41. The van der Waals surface area contributed by atoms with Gasteiger partial charge in [-0.25, -0.2) is 4.39 Å². The van der Waals surface area contributed by atoms with Gasteiger partial charge in [-0.1, -0.05) is 6.58 Å². The van der Waals surface area contributed by atoms with E-state index in [0.717, 1.165) is 6.08 Å². The maximum absolute atomic E-state index is 12.4. The number of hydrogen-bond donors (Lipinski definition) is 3. The molecule has 0 heterocycles. The Bertz CT molecular complexity index is 154. The molecule has 2 N–H and O–H groups in total. The molecular formula is C6H10FNO2S. The predicted octanol–water partition coefficient (Wildman–Crippen LogP) is 0.441. The van der Waals surface area contributed by atoms with Gasteiger partial charge in [0.05, 0.1) is 0 Å². The summed E-state index contributed by atoms with van der Waals surface area (Å²) in [6, 6.07) is -0.966. The Balaban J connectivity index is 3.87. The lowest BCUT2D eigenvalue weighted by molar-refractivity contribution is -0.139. The summed E-state index contributed by atoms with van der Waals surface area (Å²) in [5.41, 5.74) is 0. The van der Waals surface area contributed by atoms with E-state index in [1.807, 2.05) is 0 Å². The van der Waals surface area contributed by atoms with Gasteiger partial charge in [0.15, 0.2) is 6.30 Å². The van der Waals surface area contributed by atoms with E-state index in [9.17, 15) is 9.18 Å².